The number of rotatable bonds is 3. The summed E-state index contributed by atoms with van der Waals surface area (Å²) in [4.78, 5) is 11.2. The number of hydrogen-bond acceptors (Lipinski definition) is 1. The van der Waals surface area contributed by atoms with E-state index in [0.29, 0.717) is 0 Å². The van der Waals surface area contributed by atoms with Gasteiger partial charge in [-0.2, -0.15) is 0 Å². The number of carbonyl (C=O) groups is 1. The summed E-state index contributed by atoms with van der Waals surface area (Å²) in [6.45, 7) is 17.7. The van der Waals surface area contributed by atoms with Crippen LogP contribution in [0.3, 0.4) is 0 Å². The molecule has 2 rings (SSSR count). The van der Waals surface area contributed by atoms with Gasteiger partial charge in [-0.1, -0.05) is 77.9 Å². The highest BCUT2D eigenvalue weighted by atomic mass is 16.1. The summed E-state index contributed by atoms with van der Waals surface area (Å²) < 4.78 is 0. The maximum Gasteiger partial charge on any atom is 0.221 e. The van der Waals surface area contributed by atoms with Gasteiger partial charge in [-0.3, -0.25) is 4.79 Å². The van der Waals surface area contributed by atoms with Gasteiger partial charge in [0, 0.05) is 12.6 Å². The van der Waals surface area contributed by atoms with Crippen LogP contribution in [0.1, 0.15) is 70.7 Å². The van der Waals surface area contributed by atoms with Crippen LogP contribution in [0.25, 0.3) is 0 Å². The van der Waals surface area contributed by atoms with Gasteiger partial charge in [-0.25, -0.2) is 0 Å². The molecule has 0 heterocycles. The van der Waals surface area contributed by atoms with Crippen molar-refractivity contribution >= 4 is 11.6 Å². The van der Waals surface area contributed by atoms with Gasteiger partial charge in [-0.15, -0.1) is 0 Å². The molecule has 2 heteroatoms. The van der Waals surface area contributed by atoms with Gasteiger partial charge in [0.1, 0.15) is 0 Å². The van der Waals surface area contributed by atoms with Crippen LogP contribution < -0.4 is 5.32 Å². The molecule has 2 aromatic carbocycles. The number of amides is 1. The van der Waals surface area contributed by atoms with E-state index in [1.54, 1.807) is 0 Å². The van der Waals surface area contributed by atoms with Gasteiger partial charge in [0.25, 0.3) is 0 Å². The van der Waals surface area contributed by atoms with Crippen LogP contribution in [0, 0.1) is 13.8 Å². The van der Waals surface area contributed by atoms with E-state index < -0.39 is 0 Å². The van der Waals surface area contributed by atoms with E-state index in [4.69, 9.17) is 0 Å². The second-order valence-electron chi connectivity index (χ2n) is 4.94. The summed E-state index contributed by atoms with van der Waals surface area (Å²) in [5.41, 5.74) is 5.80. The fourth-order valence-electron chi connectivity index (χ4n) is 2.23. The maximum atomic E-state index is 11.2. The van der Waals surface area contributed by atoms with E-state index in [1.165, 1.54) is 23.6 Å². The Morgan fingerprint density at radius 2 is 1.36 bits per heavy atom. The minimum atomic E-state index is -0.0300. The van der Waals surface area contributed by atoms with Gasteiger partial charge in [0.2, 0.25) is 5.91 Å². The summed E-state index contributed by atoms with van der Waals surface area (Å²) in [6, 6.07) is 14.6. The minimum absolute atomic E-state index is 0.0300. The fourth-order valence-corrected chi connectivity index (χ4v) is 2.23. The van der Waals surface area contributed by atoms with Gasteiger partial charge in [-0.05, 0) is 48.6 Å². The van der Waals surface area contributed by atoms with Crippen molar-refractivity contribution in [2.75, 3.05) is 5.32 Å². The van der Waals surface area contributed by atoms with E-state index in [2.05, 4.69) is 36.5 Å². The van der Waals surface area contributed by atoms with Crippen LogP contribution in [-0.4, -0.2) is 5.91 Å². The molecular weight excluding hydrogens is 306 g/mol. The Bertz CT molecular complexity index is 589. The highest BCUT2D eigenvalue weighted by Crippen LogP contribution is 2.23. The lowest BCUT2D eigenvalue weighted by atomic mass is 9.97. The van der Waals surface area contributed by atoms with Crippen molar-refractivity contribution in [1.29, 1.82) is 0 Å². The molecule has 0 bridgehead atoms. The quantitative estimate of drug-likeness (QED) is 0.643. The summed E-state index contributed by atoms with van der Waals surface area (Å²) in [7, 11) is 0. The highest BCUT2D eigenvalue weighted by molar-refractivity contribution is 5.89. The molecule has 0 fully saturated rings. The van der Waals surface area contributed by atoms with Gasteiger partial charge in [0.05, 0.1) is 0 Å². The lowest BCUT2D eigenvalue weighted by Gasteiger charge is -2.12. The first-order valence-corrected chi connectivity index (χ1v) is 9.48. The summed E-state index contributed by atoms with van der Waals surface area (Å²) >= 11 is 0. The zero-order chi connectivity index (χ0) is 19.8. The molecule has 140 valence electrons. The third-order valence-electron chi connectivity index (χ3n) is 3.23. The zero-order valence-electron chi connectivity index (χ0n) is 17.7. The van der Waals surface area contributed by atoms with Crippen LogP contribution in [0.2, 0.25) is 0 Å². The zero-order valence-corrected chi connectivity index (χ0v) is 17.7. The molecule has 0 aliphatic heterocycles. The number of hydrogen-bond donors (Lipinski definition) is 1. The molecule has 0 atom stereocenters. The molecule has 0 aliphatic rings. The lowest BCUT2D eigenvalue weighted by Crippen LogP contribution is -2.08. The van der Waals surface area contributed by atoms with Crippen molar-refractivity contribution in [3.8, 4) is 0 Å². The molecule has 0 aromatic heterocycles. The molecule has 1 amide bonds. The first kappa shape index (κ1) is 25.2. The molecule has 1 N–H and O–H groups in total. The normalized spacial score (nSPS) is 8.52. The van der Waals surface area contributed by atoms with Crippen LogP contribution in [0.15, 0.2) is 42.5 Å². The topological polar surface area (TPSA) is 29.1 Å². The van der Waals surface area contributed by atoms with Gasteiger partial charge >= 0.3 is 0 Å². The number of aryl methyl sites for hydroxylation is 2. The monoisotopic (exact) mass is 343 g/mol. The van der Waals surface area contributed by atoms with Crippen molar-refractivity contribution in [3.05, 3.63) is 64.7 Å². The third-order valence-corrected chi connectivity index (χ3v) is 3.23. The molecule has 0 saturated heterocycles. The molecule has 0 radical (unpaired) electrons. The van der Waals surface area contributed by atoms with E-state index in [-0.39, 0.29) is 5.91 Å². The van der Waals surface area contributed by atoms with Crippen molar-refractivity contribution < 1.29 is 4.79 Å². The van der Waals surface area contributed by atoms with E-state index >= 15 is 0 Å². The first-order valence-electron chi connectivity index (χ1n) is 9.48. The second-order valence-corrected chi connectivity index (χ2v) is 4.94. The standard InChI is InChI=1S/C17H19NO.3C2H6/c1-12-9-13(2)17(18-14(3)19)11-16(12)10-15-7-5-4-6-8-15;3*1-2/h4-9,11H,10H2,1-3H3,(H,18,19);3*1-2H3. The number of benzene rings is 2. The predicted molar refractivity (Wildman–Crippen MR) is 114 cm³/mol. The van der Waals surface area contributed by atoms with Crippen LogP contribution >= 0.6 is 0 Å². The van der Waals surface area contributed by atoms with Crippen molar-refractivity contribution in [2.45, 2.75) is 68.7 Å². The van der Waals surface area contributed by atoms with Crippen LogP contribution in [-0.2, 0) is 11.2 Å². The minimum Gasteiger partial charge on any atom is -0.326 e. The van der Waals surface area contributed by atoms with E-state index in [1.807, 2.05) is 66.7 Å². The highest BCUT2D eigenvalue weighted by Gasteiger charge is 2.06. The molecule has 0 spiro atoms. The van der Waals surface area contributed by atoms with E-state index in [9.17, 15) is 4.79 Å². The molecular formula is C23H37NO. The summed E-state index contributed by atoms with van der Waals surface area (Å²) in [6.07, 6.45) is 0.888. The van der Waals surface area contributed by atoms with E-state index in [0.717, 1.165) is 17.7 Å². The molecule has 2 nitrogen and oxygen atoms in total. The second kappa shape index (κ2) is 15.4. The largest absolute Gasteiger partial charge is 0.326 e. The lowest BCUT2D eigenvalue weighted by molar-refractivity contribution is -0.114. The van der Waals surface area contributed by atoms with Crippen molar-refractivity contribution in [3.63, 3.8) is 0 Å². The Kier molecular flexibility index (Phi) is 15.5. The molecule has 0 aliphatic carbocycles. The average molecular weight is 344 g/mol. The first-order chi connectivity index (χ1) is 12.1. The van der Waals surface area contributed by atoms with Gasteiger partial charge in [0.15, 0.2) is 0 Å². The SMILES string of the molecule is CC.CC.CC.CC(=O)Nc1cc(Cc2ccccc2)c(C)cc1C. The molecule has 2 aromatic rings. The summed E-state index contributed by atoms with van der Waals surface area (Å²) in [5.74, 6) is -0.0300. The van der Waals surface area contributed by atoms with Gasteiger partial charge < -0.3 is 5.32 Å². The molecule has 0 saturated carbocycles. The Hall–Kier alpha value is -2.09. The maximum absolute atomic E-state index is 11.2. The Labute approximate surface area is 155 Å². The van der Waals surface area contributed by atoms with Crippen molar-refractivity contribution in [1.82, 2.24) is 0 Å². The number of anilines is 1. The van der Waals surface area contributed by atoms with Crippen LogP contribution in [0.4, 0.5) is 5.69 Å². The number of carbonyl (C=O) groups excluding carboxylic acids is 1. The number of nitrogens with one attached hydrogen (secondary N) is 1. The van der Waals surface area contributed by atoms with Crippen LogP contribution in [0.5, 0.6) is 0 Å². The third kappa shape index (κ3) is 9.71. The Balaban J connectivity index is 0. The smallest absolute Gasteiger partial charge is 0.221 e. The van der Waals surface area contributed by atoms with Crippen molar-refractivity contribution in [2.24, 2.45) is 0 Å². The Morgan fingerprint density at radius 3 is 1.84 bits per heavy atom. The fraction of sp³-hybridized carbons (Fsp3) is 0.435. The molecule has 0 unspecified atom stereocenters. The summed E-state index contributed by atoms with van der Waals surface area (Å²) in [5, 5.41) is 2.89. The average Bonchev–Trinajstić information content (AvgIpc) is 2.65. The molecule has 25 heavy (non-hydrogen) atoms. The predicted octanol–water partition coefficient (Wildman–Crippen LogP) is 6.93. The Morgan fingerprint density at radius 1 is 0.840 bits per heavy atom.